The van der Waals surface area contributed by atoms with E-state index in [1.807, 2.05) is 19.1 Å². The van der Waals surface area contributed by atoms with Crippen molar-refractivity contribution in [1.82, 2.24) is 5.32 Å². The number of hydrogen-bond donors (Lipinski definition) is 2. The van der Waals surface area contributed by atoms with Crippen LogP contribution in [0.15, 0.2) is 40.8 Å². The summed E-state index contributed by atoms with van der Waals surface area (Å²) in [4.78, 5) is 23.6. The molecule has 3 N–H and O–H groups in total. The summed E-state index contributed by atoms with van der Waals surface area (Å²) < 4.78 is 5.23. The number of furan rings is 1. The third kappa shape index (κ3) is 2.88. The lowest BCUT2D eigenvalue weighted by molar-refractivity contribution is -0.120. The Morgan fingerprint density at radius 2 is 1.85 bits per heavy atom. The highest BCUT2D eigenvalue weighted by atomic mass is 16.3. The Morgan fingerprint density at radius 1 is 1.15 bits per heavy atom. The Kier molecular flexibility index (Phi) is 3.89. The van der Waals surface area contributed by atoms with Gasteiger partial charge in [-0.05, 0) is 37.1 Å². The van der Waals surface area contributed by atoms with Gasteiger partial charge in [-0.1, -0.05) is 24.3 Å². The van der Waals surface area contributed by atoms with Gasteiger partial charge in [0.25, 0.3) is 5.91 Å². The van der Waals surface area contributed by atoms with Crippen LogP contribution in [-0.4, -0.2) is 11.8 Å². The molecule has 0 saturated carbocycles. The molecule has 1 heterocycles. The van der Waals surface area contributed by atoms with Gasteiger partial charge in [0.05, 0.1) is 0 Å². The van der Waals surface area contributed by atoms with E-state index in [4.69, 9.17) is 10.2 Å². The number of primary amides is 1. The standard InChI is InChI=1S/C15H16N2O3/c1-9-5-3-4-6-11(9)13(14(16)18)17-15(19)12-8-7-10(2)20-12/h3-8,13H,1-2H3,(H2,16,18)(H,17,19). The van der Waals surface area contributed by atoms with Gasteiger partial charge in [-0.15, -0.1) is 0 Å². The van der Waals surface area contributed by atoms with Crippen LogP contribution < -0.4 is 11.1 Å². The maximum Gasteiger partial charge on any atom is 0.287 e. The highest BCUT2D eigenvalue weighted by molar-refractivity contribution is 5.95. The first-order valence-corrected chi connectivity index (χ1v) is 6.21. The molecule has 2 aromatic rings. The van der Waals surface area contributed by atoms with Gasteiger partial charge in [0, 0.05) is 0 Å². The molecule has 1 aromatic heterocycles. The molecule has 2 amide bonds. The third-order valence-corrected chi connectivity index (χ3v) is 3.02. The molecule has 0 radical (unpaired) electrons. The Bertz CT molecular complexity index is 646. The Balaban J connectivity index is 2.25. The van der Waals surface area contributed by atoms with Crippen molar-refractivity contribution in [3.05, 3.63) is 59.0 Å². The first kappa shape index (κ1) is 13.9. The molecule has 0 aliphatic heterocycles. The average molecular weight is 272 g/mol. The second-order valence-electron chi connectivity index (χ2n) is 4.58. The van der Waals surface area contributed by atoms with Crippen LogP contribution >= 0.6 is 0 Å². The van der Waals surface area contributed by atoms with Crippen LogP contribution in [0.2, 0.25) is 0 Å². The molecule has 0 fully saturated rings. The lowest BCUT2D eigenvalue weighted by atomic mass is 10.0. The number of hydrogen-bond acceptors (Lipinski definition) is 3. The SMILES string of the molecule is Cc1ccc(C(=O)NC(C(N)=O)c2ccccc2C)o1. The molecule has 0 spiro atoms. The van der Waals surface area contributed by atoms with Crippen LogP contribution in [-0.2, 0) is 4.79 Å². The molecule has 5 nitrogen and oxygen atoms in total. The highest BCUT2D eigenvalue weighted by Crippen LogP contribution is 2.18. The van der Waals surface area contributed by atoms with E-state index in [9.17, 15) is 9.59 Å². The molecule has 104 valence electrons. The van der Waals surface area contributed by atoms with E-state index in [1.54, 1.807) is 31.2 Å². The van der Waals surface area contributed by atoms with Crippen LogP contribution in [0.1, 0.15) is 33.5 Å². The topological polar surface area (TPSA) is 85.3 Å². The number of benzene rings is 1. The monoisotopic (exact) mass is 272 g/mol. The summed E-state index contributed by atoms with van der Waals surface area (Å²) in [6, 6.07) is 9.62. The average Bonchev–Trinajstić information content (AvgIpc) is 2.83. The van der Waals surface area contributed by atoms with Crippen molar-refractivity contribution in [2.45, 2.75) is 19.9 Å². The minimum Gasteiger partial charge on any atom is -0.456 e. The molecule has 5 heteroatoms. The fourth-order valence-corrected chi connectivity index (χ4v) is 1.97. The van der Waals surface area contributed by atoms with Gasteiger partial charge in [0.15, 0.2) is 5.76 Å². The number of nitrogens with one attached hydrogen (secondary N) is 1. The predicted molar refractivity (Wildman–Crippen MR) is 74.0 cm³/mol. The molecular weight excluding hydrogens is 256 g/mol. The van der Waals surface area contributed by atoms with E-state index in [0.29, 0.717) is 11.3 Å². The maximum absolute atomic E-state index is 12.0. The highest BCUT2D eigenvalue weighted by Gasteiger charge is 2.23. The van der Waals surface area contributed by atoms with Gasteiger partial charge in [-0.2, -0.15) is 0 Å². The zero-order valence-corrected chi connectivity index (χ0v) is 11.3. The van der Waals surface area contributed by atoms with Gasteiger partial charge >= 0.3 is 0 Å². The van der Waals surface area contributed by atoms with E-state index in [0.717, 1.165) is 5.56 Å². The number of rotatable bonds is 4. The fraction of sp³-hybridized carbons (Fsp3) is 0.200. The summed E-state index contributed by atoms with van der Waals surface area (Å²) in [5.41, 5.74) is 6.94. The summed E-state index contributed by atoms with van der Waals surface area (Å²) >= 11 is 0. The summed E-state index contributed by atoms with van der Waals surface area (Å²) in [6.07, 6.45) is 0. The third-order valence-electron chi connectivity index (χ3n) is 3.02. The van der Waals surface area contributed by atoms with Crippen LogP contribution in [0.4, 0.5) is 0 Å². The number of amides is 2. The summed E-state index contributed by atoms with van der Waals surface area (Å²) in [7, 11) is 0. The molecule has 2 rings (SSSR count). The minimum absolute atomic E-state index is 0.155. The quantitative estimate of drug-likeness (QED) is 0.890. The number of carbonyl (C=O) groups excluding carboxylic acids is 2. The van der Waals surface area contributed by atoms with Gasteiger partial charge in [-0.25, -0.2) is 0 Å². The van der Waals surface area contributed by atoms with Crippen LogP contribution in [0.25, 0.3) is 0 Å². The van der Waals surface area contributed by atoms with Gasteiger partial charge in [0.2, 0.25) is 5.91 Å². The zero-order chi connectivity index (χ0) is 14.7. The Hall–Kier alpha value is -2.56. The van der Waals surface area contributed by atoms with Crippen molar-refractivity contribution in [3.8, 4) is 0 Å². The number of nitrogens with two attached hydrogens (primary N) is 1. The summed E-state index contributed by atoms with van der Waals surface area (Å²) in [6.45, 7) is 3.60. The van der Waals surface area contributed by atoms with Gasteiger partial charge < -0.3 is 15.5 Å². The molecule has 1 unspecified atom stereocenters. The van der Waals surface area contributed by atoms with Crippen molar-refractivity contribution in [2.75, 3.05) is 0 Å². The number of aryl methyl sites for hydroxylation is 2. The van der Waals surface area contributed by atoms with Crippen molar-refractivity contribution >= 4 is 11.8 Å². The fourth-order valence-electron chi connectivity index (χ4n) is 1.97. The molecule has 0 bridgehead atoms. The van der Waals surface area contributed by atoms with Crippen molar-refractivity contribution in [2.24, 2.45) is 5.73 Å². The molecule has 0 saturated heterocycles. The van der Waals surface area contributed by atoms with Crippen LogP contribution in [0.5, 0.6) is 0 Å². The second-order valence-corrected chi connectivity index (χ2v) is 4.58. The normalized spacial score (nSPS) is 11.9. The van der Waals surface area contributed by atoms with Crippen molar-refractivity contribution in [1.29, 1.82) is 0 Å². The van der Waals surface area contributed by atoms with Gasteiger partial charge in [0.1, 0.15) is 11.8 Å². The maximum atomic E-state index is 12.0. The number of carbonyl (C=O) groups is 2. The van der Waals surface area contributed by atoms with Gasteiger partial charge in [-0.3, -0.25) is 9.59 Å². The van der Waals surface area contributed by atoms with E-state index in [-0.39, 0.29) is 5.76 Å². The summed E-state index contributed by atoms with van der Waals surface area (Å²) in [5.74, 6) is -0.301. The van der Waals surface area contributed by atoms with Crippen LogP contribution in [0.3, 0.4) is 0 Å². The van der Waals surface area contributed by atoms with Crippen molar-refractivity contribution < 1.29 is 14.0 Å². The lowest BCUT2D eigenvalue weighted by Crippen LogP contribution is -2.37. The molecule has 0 aliphatic rings. The lowest BCUT2D eigenvalue weighted by Gasteiger charge is -2.17. The molecular formula is C15H16N2O3. The van der Waals surface area contributed by atoms with E-state index in [1.165, 1.54) is 0 Å². The smallest absolute Gasteiger partial charge is 0.287 e. The van der Waals surface area contributed by atoms with E-state index >= 15 is 0 Å². The molecule has 1 aromatic carbocycles. The van der Waals surface area contributed by atoms with Crippen LogP contribution in [0, 0.1) is 13.8 Å². The Labute approximate surface area is 116 Å². The summed E-state index contributed by atoms with van der Waals surface area (Å²) in [5, 5.41) is 2.60. The molecule has 20 heavy (non-hydrogen) atoms. The van der Waals surface area contributed by atoms with Crippen molar-refractivity contribution in [3.63, 3.8) is 0 Å². The van der Waals surface area contributed by atoms with E-state index in [2.05, 4.69) is 5.32 Å². The Morgan fingerprint density at radius 3 is 2.40 bits per heavy atom. The minimum atomic E-state index is -0.880. The van der Waals surface area contributed by atoms with E-state index < -0.39 is 17.9 Å². The predicted octanol–water partition coefficient (Wildman–Crippen LogP) is 1.85. The molecule has 0 aliphatic carbocycles. The molecule has 1 atom stereocenters. The second kappa shape index (κ2) is 5.61. The first-order chi connectivity index (χ1) is 9.49. The largest absolute Gasteiger partial charge is 0.456 e. The zero-order valence-electron chi connectivity index (χ0n) is 11.3. The first-order valence-electron chi connectivity index (χ1n) is 6.21.